The summed E-state index contributed by atoms with van der Waals surface area (Å²) in [6.07, 6.45) is 0.982. The Morgan fingerprint density at radius 3 is 2.78 bits per heavy atom. The maximum absolute atomic E-state index is 11.3. The molecule has 0 aliphatic heterocycles. The van der Waals surface area contributed by atoms with Crippen LogP contribution in [0.2, 0.25) is 0 Å². The number of hydrogen-bond donors (Lipinski definition) is 2. The van der Waals surface area contributed by atoms with Crippen molar-refractivity contribution in [2.24, 2.45) is 5.73 Å². The van der Waals surface area contributed by atoms with Crippen molar-refractivity contribution in [1.82, 2.24) is 10.3 Å². The number of pyridine rings is 1. The number of primary amides is 1. The average molecular weight is 267 g/mol. The highest BCUT2D eigenvalue weighted by Gasteiger charge is 2.14. The van der Waals surface area contributed by atoms with Crippen LogP contribution in [0.4, 0.5) is 0 Å². The molecule has 1 rings (SSSR count). The number of amides is 1. The van der Waals surface area contributed by atoms with Crippen molar-refractivity contribution in [3.8, 4) is 0 Å². The Morgan fingerprint density at radius 1 is 1.50 bits per heavy atom. The van der Waals surface area contributed by atoms with Crippen molar-refractivity contribution in [3.05, 3.63) is 23.4 Å². The van der Waals surface area contributed by atoms with Crippen molar-refractivity contribution in [2.75, 3.05) is 12.3 Å². The molecule has 1 atom stereocenters. The van der Waals surface area contributed by atoms with E-state index >= 15 is 0 Å². The zero-order valence-corrected chi connectivity index (χ0v) is 12.0. The van der Waals surface area contributed by atoms with Crippen LogP contribution in [0.1, 0.15) is 24.6 Å². The number of aromatic nitrogens is 1. The lowest BCUT2D eigenvalue weighted by molar-refractivity contribution is -0.119. The van der Waals surface area contributed by atoms with Crippen molar-refractivity contribution in [3.63, 3.8) is 0 Å². The highest BCUT2D eigenvalue weighted by atomic mass is 32.2. The quantitative estimate of drug-likeness (QED) is 0.737. The fourth-order valence-corrected chi connectivity index (χ4v) is 2.70. The molecule has 1 aromatic heterocycles. The lowest BCUT2D eigenvalue weighted by Crippen LogP contribution is -2.43. The van der Waals surface area contributed by atoms with Crippen LogP contribution in [0.5, 0.6) is 0 Å². The molecule has 1 aromatic rings. The lowest BCUT2D eigenvalue weighted by Gasteiger charge is -2.14. The van der Waals surface area contributed by atoms with Gasteiger partial charge in [0.15, 0.2) is 0 Å². The van der Waals surface area contributed by atoms with Gasteiger partial charge in [0.25, 0.3) is 0 Å². The van der Waals surface area contributed by atoms with E-state index in [1.807, 2.05) is 26.0 Å². The number of hydrogen-bond acceptors (Lipinski definition) is 4. The standard InChI is InChI=1S/C13H21N3OS/c1-4-5-15-11(13(14)17)8-18-12-7-9(2)6-10(3)16-12/h6-7,11,15H,4-5,8H2,1-3H3,(H2,14,17). The van der Waals surface area contributed by atoms with Gasteiger partial charge in [-0.15, -0.1) is 11.8 Å². The Kier molecular flexibility index (Phi) is 6.15. The third-order valence-corrected chi connectivity index (χ3v) is 3.46. The van der Waals surface area contributed by atoms with E-state index in [1.165, 1.54) is 5.56 Å². The Balaban J connectivity index is 2.58. The monoisotopic (exact) mass is 267 g/mol. The van der Waals surface area contributed by atoms with Crippen LogP contribution in [0, 0.1) is 13.8 Å². The van der Waals surface area contributed by atoms with Gasteiger partial charge in [-0.2, -0.15) is 0 Å². The maximum atomic E-state index is 11.3. The summed E-state index contributed by atoms with van der Waals surface area (Å²) >= 11 is 1.56. The van der Waals surface area contributed by atoms with Crippen LogP contribution >= 0.6 is 11.8 Å². The molecule has 0 saturated heterocycles. The number of aryl methyl sites for hydroxylation is 2. The minimum atomic E-state index is -0.305. The molecule has 18 heavy (non-hydrogen) atoms. The van der Waals surface area contributed by atoms with Gasteiger partial charge < -0.3 is 11.1 Å². The zero-order valence-electron chi connectivity index (χ0n) is 11.2. The van der Waals surface area contributed by atoms with Gasteiger partial charge in [-0.05, 0) is 44.5 Å². The number of nitrogens with one attached hydrogen (secondary N) is 1. The van der Waals surface area contributed by atoms with Gasteiger partial charge in [-0.3, -0.25) is 4.79 Å². The predicted octanol–water partition coefficient (Wildman–Crippen LogP) is 1.64. The smallest absolute Gasteiger partial charge is 0.235 e. The summed E-state index contributed by atoms with van der Waals surface area (Å²) in [6.45, 7) is 6.87. The van der Waals surface area contributed by atoms with Crippen LogP contribution in [0.3, 0.4) is 0 Å². The molecule has 0 bridgehead atoms. The minimum absolute atomic E-state index is 0.294. The van der Waals surface area contributed by atoms with Crippen molar-refractivity contribution in [1.29, 1.82) is 0 Å². The van der Waals surface area contributed by atoms with Crippen LogP contribution in [-0.2, 0) is 4.79 Å². The molecule has 3 N–H and O–H groups in total. The first kappa shape index (κ1) is 15.0. The number of carbonyl (C=O) groups excluding carboxylic acids is 1. The fraction of sp³-hybridized carbons (Fsp3) is 0.538. The largest absolute Gasteiger partial charge is 0.368 e. The fourth-order valence-electron chi connectivity index (χ4n) is 1.61. The molecule has 0 aliphatic rings. The van der Waals surface area contributed by atoms with E-state index in [0.717, 1.165) is 23.7 Å². The molecule has 0 aromatic carbocycles. The summed E-state index contributed by atoms with van der Waals surface area (Å²) < 4.78 is 0. The Labute approximate surface area is 113 Å². The first-order valence-corrected chi connectivity index (χ1v) is 7.12. The number of nitrogens with two attached hydrogens (primary N) is 1. The van der Waals surface area contributed by atoms with E-state index in [9.17, 15) is 4.79 Å². The Bertz CT molecular complexity index is 389. The molecule has 0 saturated carbocycles. The second kappa shape index (κ2) is 7.38. The highest BCUT2D eigenvalue weighted by Crippen LogP contribution is 2.18. The molecule has 1 unspecified atom stereocenters. The third kappa shape index (κ3) is 5.06. The van der Waals surface area contributed by atoms with Crippen molar-refractivity contribution in [2.45, 2.75) is 38.3 Å². The van der Waals surface area contributed by atoms with Crippen LogP contribution < -0.4 is 11.1 Å². The highest BCUT2D eigenvalue weighted by molar-refractivity contribution is 7.99. The SMILES string of the molecule is CCCNC(CSc1cc(C)cc(C)n1)C(N)=O. The minimum Gasteiger partial charge on any atom is -0.368 e. The molecule has 5 heteroatoms. The van der Waals surface area contributed by atoms with Crippen molar-refractivity contribution >= 4 is 17.7 Å². The number of carbonyl (C=O) groups is 1. The van der Waals surface area contributed by atoms with Gasteiger partial charge in [-0.25, -0.2) is 4.98 Å². The van der Waals surface area contributed by atoms with Gasteiger partial charge >= 0.3 is 0 Å². The van der Waals surface area contributed by atoms with Gasteiger partial charge in [0, 0.05) is 11.4 Å². The molecule has 1 heterocycles. The van der Waals surface area contributed by atoms with Crippen LogP contribution in [-0.4, -0.2) is 29.2 Å². The number of rotatable bonds is 7. The molecular weight excluding hydrogens is 246 g/mol. The van der Waals surface area contributed by atoms with Crippen LogP contribution in [0.15, 0.2) is 17.2 Å². The van der Waals surface area contributed by atoms with Crippen molar-refractivity contribution < 1.29 is 4.79 Å². The summed E-state index contributed by atoms with van der Waals surface area (Å²) in [5.41, 5.74) is 7.54. The number of nitrogens with zero attached hydrogens (tertiary/aromatic N) is 1. The van der Waals surface area contributed by atoms with E-state index in [1.54, 1.807) is 11.8 Å². The predicted molar refractivity (Wildman–Crippen MR) is 75.7 cm³/mol. The summed E-state index contributed by atoms with van der Waals surface area (Å²) in [4.78, 5) is 15.7. The normalized spacial score (nSPS) is 12.4. The summed E-state index contributed by atoms with van der Waals surface area (Å²) in [6, 6.07) is 3.76. The second-order valence-corrected chi connectivity index (χ2v) is 5.38. The van der Waals surface area contributed by atoms with Gasteiger partial charge in [0.2, 0.25) is 5.91 Å². The van der Waals surface area contributed by atoms with Gasteiger partial charge in [0.1, 0.15) is 0 Å². The van der Waals surface area contributed by atoms with Gasteiger partial charge in [0.05, 0.1) is 11.1 Å². The van der Waals surface area contributed by atoms with E-state index < -0.39 is 0 Å². The molecule has 0 spiro atoms. The zero-order chi connectivity index (χ0) is 13.5. The van der Waals surface area contributed by atoms with E-state index in [4.69, 9.17) is 5.73 Å². The summed E-state index contributed by atoms with van der Waals surface area (Å²) in [5, 5.41) is 4.09. The Morgan fingerprint density at radius 2 is 2.22 bits per heavy atom. The molecule has 100 valence electrons. The van der Waals surface area contributed by atoms with E-state index in [-0.39, 0.29) is 11.9 Å². The molecule has 1 amide bonds. The first-order valence-electron chi connectivity index (χ1n) is 6.13. The second-order valence-electron chi connectivity index (χ2n) is 4.34. The third-order valence-electron chi connectivity index (χ3n) is 2.46. The number of thioether (sulfide) groups is 1. The molecule has 4 nitrogen and oxygen atoms in total. The van der Waals surface area contributed by atoms with E-state index in [2.05, 4.69) is 17.2 Å². The topological polar surface area (TPSA) is 68.0 Å². The van der Waals surface area contributed by atoms with E-state index in [0.29, 0.717) is 5.75 Å². The average Bonchev–Trinajstić information content (AvgIpc) is 2.27. The molecule has 0 aliphatic carbocycles. The molecule has 0 fully saturated rings. The van der Waals surface area contributed by atoms with Crippen LogP contribution in [0.25, 0.3) is 0 Å². The Hall–Kier alpha value is -1.07. The first-order chi connectivity index (χ1) is 8.52. The maximum Gasteiger partial charge on any atom is 0.235 e. The summed E-state index contributed by atoms with van der Waals surface area (Å²) in [5.74, 6) is 0.311. The molecular formula is C13H21N3OS. The lowest BCUT2D eigenvalue weighted by atomic mass is 10.3. The van der Waals surface area contributed by atoms with Gasteiger partial charge in [-0.1, -0.05) is 6.92 Å². The summed E-state index contributed by atoms with van der Waals surface area (Å²) in [7, 11) is 0. The molecule has 0 radical (unpaired) electrons.